The summed E-state index contributed by atoms with van der Waals surface area (Å²) in [7, 11) is 0. The molecule has 0 aromatic heterocycles. The van der Waals surface area contributed by atoms with Gasteiger partial charge in [-0.2, -0.15) is 0 Å². The zero-order valence-corrected chi connectivity index (χ0v) is 11.1. The van der Waals surface area contributed by atoms with E-state index in [1.165, 1.54) is 6.92 Å². The van der Waals surface area contributed by atoms with E-state index in [2.05, 4.69) is 0 Å². The summed E-state index contributed by atoms with van der Waals surface area (Å²) in [6.45, 7) is 2.44. The van der Waals surface area contributed by atoms with Gasteiger partial charge in [-0.15, -0.1) is 0 Å². The molecule has 19 heavy (non-hydrogen) atoms. The van der Waals surface area contributed by atoms with Crippen LogP contribution in [0.1, 0.15) is 39.5 Å². The number of carbonyl (C=O) groups is 4. The van der Waals surface area contributed by atoms with Crippen molar-refractivity contribution in [1.82, 2.24) is 0 Å². The molecule has 3 unspecified atom stereocenters. The molecule has 0 aliphatic heterocycles. The van der Waals surface area contributed by atoms with Gasteiger partial charge in [-0.05, 0) is 38.5 Å². The van der Waals surface area contributed by atoms with Gasteiger partial charge < -0.3 is 5.11 Å². The van der Waals surface area contributed by atoms with E-state index in [1.54, 1.807) is 0 Å². The van der Waals surface area contributed by atoms with Crippen molar-refractivity contribution in [2.24, 2.45) is 23.2 Å². The molecule has 0 bridgehead atoms. The van der Waals surface area contributed by atoms with Crippen LogP contribution in [0.25, 0.3) is 0 Å². The Morgan fingerprint density at radius 1 is 1.05 bits per heavy atom. The molecule has 0 spiro atoms. The molecule has 2 aliphatic carbocycles. The molecule has 2 rings (SSSR count). The van der Waals surface area contributed by atoms with E-state index in [9.17, 15) is 19.2 Å². The molecule has 5 heteroatoms. The second kappa shape index (κ2) is 4.54. The maximum atomic E-state index is 12.5. The zero-order valence-electron chi connectivity index (χ0n) is 11.1. The minimum absolute atomic E-state index is 0.0487. The predicted molar refractivity (Wildman–Crippen MR) is 65.4 cm³/mol. The Balaban J connectivity index is 2.36. The number of carboxylic acids is 1. The molecular formula is C14H18O5. The van der Waals surface area contributed by atoms with E-state index >= 15 is 0 Å². The van der Waals surface area contributed by atoms with Crippen LogP contribution in [0.2, 0.25) is 0 Å². The number of Topliss-reactive ketones (excluding diaryl/α,β-unsaturated/α-hetero) is 3. The van der Waals surface area contributed by atoms with E-state index in [4.69, 9.17) is 5.11 Å². The number of fused-ring (bicyclic) bond motifs is 1. The highest BCUT2D eigenvalue weighted by atomic mass is 16.4. The van der Waals surface area contributed by atoms with E-state index < -0.39 is 28.9 Å². The molecule has 5 nitrogen and oxygen atoms in total. The number of ketones is 3. The lowest BCUT2D eigenvalue weighted by molar-refractivity contribution is -0.152. The van der Waals surface area contributed by atoms with Gasteiger partial charge >= 0.3 is 5.97 Å². The van der Waals surface area contributed by atoms with Gasteiger partial charge in [-0.3, -0.25) is 19.2 Å². The van der Waals surface area contributed by atoms with Gasteiger partial charge in [0.15, 0.2) is 17.5 Å². The average molecular weight is 266 g/mol. The highest BCUT2D eigenvalue weighted by Gasteiger charge is 2.73. The lowest BCUT2D eigenvalue weighted by Crippen LogP contribution is -2.40. The number of carbonyl (C=O) groups excluding carboxylic acids is 3. The Labute approximate surface area is 111 Å². The average Bonchev–Trinajstić information content (AvgIpc) is 2.97. The molecule has 1 N–H and O–H groups in total. The van der Waals surface area contributed by atoms with Crippen LogP contribution in [-0.4, -0.2) is 28.4 Å². The Hall–Kier alpha value is -1.52. The molecular weight excluding hydrogens is 248 g/mol. The Kier molecular flexibility index (Phi) is 3.32. The topological polar surface area (TPSA) is 88.5 Å². The summed E-state index contributed by atoms with van der Waals surface area (Å²) in [5, 5.41) is 9.07. The summed E-state index contributed by atoms with van der Waals surface area (Å²) in [6, 6.07) is 0. The van der Waals surface area contributed by atoms with Crippen molar-refractivity contribution >= 4 is 23.3 Å². The summed E-state index contributed by atoms with van der Waals surface area (Å²) >= 11 is 0. The highest BCUT2D eigenvalue weighted by molar-refractivity contribution is 6.24. The molecule has 0 saturated heterocycles. The van der Waals surface area contributed by atoms with Gasteiger partial charge in [0.2, 0.25) is 0 Å². The van der Waals surface area contributed by atoms with Crippen molar-refractivity contribution in [3.05, 3.63) is 0 Å². The largest absolute Gasteiger partial charge is 0.480 e. The molecule has 0 heterocycles. The molecule has 2 saturated carbocycles. The third kappa shape index (κ3) is 1.83. The van der Waals surface area contributed by atoms with Crippen molar-refractivity contribution in [1.29, 1.82) is 0 Å². The van der Waals surface area contributed by atoms with Crippen LogP contribution in [-0.2, 0) is 19.2 Å². The van der Waals surface area contributed by atoms with Gasteiger partial charge in [-0.1, -0.05) is 12.8 Å². The molecule has 0 radical (unpaired) electrons. The second-order valence-corrected chi connectivity index (χ2v) is 5.67. The molecule has 3 atom stereocenters. The predicted octanol–water partition coefficient (Wildman–Crippen LogP) is 1.24. The summed E-state index contributed by atoms with van der Waals surface area (Å²) < 4.78 is 0. The minimum Gasteiger partial charge on any atom is -0.480 e. The third-order valence-corrected chi connectivity index (χ3v) is 4.73. The molecule has 2 fully saturated rings. The van der Waals surface area contributed by atoms with E-state index in [0.29, 0.717) is 0 Å². The number of aliphatic carboxylic acids is 1. The van der Waals surface area contributed by atoms with Crippen molar-refractivity contribution < 1.29 is 24.3 Å². The van der Waals surface area contributed by atoms with Crippen LogP contribution in [0.3, 0.4) is 0 Å². The molecule has 104 valence electrons. The summed E-state index contributed by atoms with van der Waals surface area (Å²) in [4.78, 5) is 47.0. The summed E-state index contributed by atoms with van der Waals surface area (Å²) in [5.41, 5.74) is -1.19. The normalized spacial score (nSPS) is 34.0. The van der Waals surface area contributed by atoms with Crippen LogP contribution >= 0.6 is 0 Å². The van der Waals surface area contributed by atoms with Crippen LogP contribution < -0.4 is 0 Å². The first-order chi connectivity index (χ1) is 8.85. The third-order valence-electron chi connectivity index (χ3n) is 4.73. The molecule has 0 aromatic rings. The fourth-order valence-corrected chi connectivity index (χ4v) is 3.90. The quantitative estimate of drug-likeness (QED) is 0.756. The first-order valence-corrected chi connectivity index (χ1v) is 6.63. The summed E-state index contributed by atoms with van der Waals surface area (Å²) in [5.74, 6) is -4.88. The van der Waals surface area contributed by atoms with Crippen LogP contribution in [0.5, 0.6) is 0 Å². The SMILES string of the molecule is CC(=O)C(C(=O)O)C(=O)C1(C(C)=O)C2CCCCC21. The van der Waals surface area contributed by atoms with Crippen molar-refractivity contribution in [2.75, 3.05) is 0 Å². The lowest BCUT2D eigenvalue weighted by Gasteiger charge is -2.17. The molecule has 0 aromatic carbocycles. The fourth-order valence-electron chi connectivity index (χ4n) is 3.90. The molecule has 0 amide bonds. The van der Waals surface area contributed by atoms with Gasteiger partial charge in [0.25, 0.3) is 0 Å². The standard InChI is InChI=1S/C14H18O5/c1-7(15)11(13(18)19)12(17)14(8(2)16)9-5-3-4-6-10(9)14/h9-11H,3-6H2,1-2H3,(H,18,19). The maximum absolute atomic E-state index is 12.5. The first-order valence-electron chi connectivity index (χ1n) is 6.63. The second-order valence-electron chi connectivity index (χ2n) is 5.67. The lowest BCUT2D eigenvalue weighted by atomic mass is 9.82. The zero-order chi connectivity index (χ0) is 14.4. The minimum atomic E-state index is -1.69. The van der Waals surface area contributed by atoms with Crippen molar-refractivity contribution in [3.63, 3.8) is 0 Å². The van der Waals surface area contributed by atoms with Crippen molar-refractivity contribution in [3.8, 4) is 0 Å². The summed E-state index contributed by atoms with van der Waals surface area (Å²) in [6.07, 6.45) is 3.48. The Morgan fingerprint density at radius 2 is 1.53 bits per heavy atom. The highest BCUT2D eigenvalue weighted by Crippen LogP contribution is 2.67. The van der Waals surface area contributed by atoms with Gasteiger partial charge in [0.1, 0.15) is 5.78 Å². The van der Waals surface area contributed by atoms with Crippen LogP contribution in [0.15, 0.2) is 0 Å². The Bertz CT molecular complexity index is 438. The Morgan fingerprint density at radius 3 is 1.84 bits per heavy atom. The smallest absolute Gasteiger partial charge is 0.321 e. The number of carboxylic acid groups (broad SMARTS) is 1. The van der Waals surface area contributed by atoms with Crippen LogP contribution in [0, 0.1) is 23.2 Å². The van der Waals surface area contributed by atoms with E-state index in [1.807, 2.05) is 0 Å². The van der Waals surface area contributed by atoms with Gasteiger partial charge in [0.05, 0.1) is 5.41 Å². The van der Waals surface area contributed by atoms with Crippen molar-refractivity contribution in [2.45, 2.75) is 39.5 Å². The van der Waals surface area contributed by atoms with E-state index in [-0.39, 0.29) is 17.6 Å². The number of rotatable bonds is 5. The monoisotopic (exact) mass is 266 g/mol. The van der Waals surface area contributed by atoms with E-state index in [0.717, 1.165) is 32.6 Å². The van der Waals surface area contributed by atoms with Crippen LogP contribution in [0.4, 0.5) is 0 Å². The maximum Gasteiger partial charge on any atom is 0.321 e. The fraction of sp³-hybridized carbons (Fsp3) is 0.714. The number of hydrogen-bond donors (Lipinski definition) is 1. The first kappa shape index (κ1) is 13.9. The molecule has 2 aliphatic rings. The van der Waals surface area contributed by atoms with Gasteiger partial charge in [0, 0.05) is 0 Å². The number of hydrogen-bond acceptors (Lipinski definition) is 4. The van der Waals surface area contributed by atoms with Gasteiger partial charge in [-0.25, -0.2) is 0 Å².